The van der Waals surface area contributed by atoms with E-state index in [2.05, 4.69) is 10.6 Å². The summed E-state index contributed by atoms with van der Waals surface area (Å²) >= 11 is 0. The first-order valence-electron chi connectivity index (χ1n) is 7.76. The topological polar surface area (TPSA) is 58.2 Å². The van der Waals surface area contributed by atoms with Crippen LogP contribution in [0.25, 0.3) is 0 Å². The van der Waals surface area contributed by atoms with Crippen LogP contribution in [-0.4, -0.2) is 23.9 Å². The van der Waals surface area contributed by atoms with E-state index >= 15 is 0 Å². The molecule has 4 heteroatoms. The molecule has 0 aliphatic heterocycles. The predicted molar refractivity (Wildman–Crippen MR) is 91.1 cm³/mol. The minimum Gasteiger partial charge on any atom is -0.352 e. The quantitative estimate of drug-likeness (QED) is 0.861. The van der Waals surface area contributed by atoms with Gasteiger partial charge in [0.25, 0.3) is 5.91 Å². The second kappa shape index (κ2) is 8.13. The van der Waals surface area contributed by atoms with Gasteiger partial charge in [0, 0.05) is 18.0 Å². The second-order valence-corrected chi connectivity index (χ2v) is 5.75. The molecule has 1 atom stereocenters. The van der Waals surface area contributed by atoms with Gasteiger partial charge in [0.05, 0.1) is 0 Å². The minimum atomic E-state index is -0.604. The fourth-order valence-corrected chi connectivity index (χ4v) is 2.28. The van der Waals surface area contributed by atoms with E-state index in [0.717, 1.165) is 5.56 Å². The molecule has 0 bridgehead atoms. The van der Waals surface area contributed by atoms with Crippen molar-refractivity contribution in [1.29, 1.82) is 0 Å². The van der Waals surface area contributed by atoms with Gasteiger partial charge in [-0.3, -0.25) is 9.59 Å². The van der Waals surface area contributed by atoms with E-state index in [1.807, 2.05) is 50.2 Å². The molecule has 0 saturated heterocycles. The van der Waals surface area contributed by atoms with Gasteiger partial charge in [-0.2, -0.15) is 0 Å². The fourth-order valence-electron chi connectivity index (χ4n) is 2.28. The lowest BCUT2D eigenvalue weighted by atomic mass is 10.0. The van der Waals surface area contributed by atoms with Gasteiger partial charge in [-0.05, 0) is 31.5 Å². The molecule has 0 unspecified atom stereocenters. The van der Waals surface area contributed by atoms with Crippen molar-refractivity contribution in [1.82, 2.24) is 10.6 Å². The van der Waals surface area contributed by atoms with Crippen molar-refractivity contribution in [2.75, 3.05) is 0 Å². The standard InChI is InChI=1S/C19H22N2O2/c1-14(2)20-19(23)17(13-15-9-5-3-6-10-15)21-18(22)16-11-7-4-8-12-16/h3-12,14,17H,13H2,1-2H3,(H,20,23)(H,21,22)/t17-/m1/s1. The van der Waals surface area contributed by atoms with Crippen LogP contribution in [0.4, 0.5) is 0 Å². The summed E-state index contributed by atoms with van der Waals surface area (Å²) in [6.45, 7) is 3.80. The molecule has 0 fully saturated rings. The summed E-state index contributed by atoms with van der Waals surface area (Å²) in [5, 5.41) is 5.70. The third-order valence-electron chi connectivity index (χ3n) is 3.37. The molecular formula is C19H22N2O2. The van der Waals surface area contributed by atoms with Gasteiger partial charge in [0.15, 0.2) is 0 Å². The van der Waals surface area contributed by atoms with Gasteiger partial charge in [-0.25, -0.2) is 0 Å². The van der Waals surface area contributed by atoms with E-state index in [0.29, 0.717) is 12.0 Å². The van der Waals surface area contributed by atoms with E-state index < -0.39 is 6.04 Å². The Hall–Kier alpha value is -2.62. The number of amides is 2. The summed E-state index contributed by atoms with van der Waals surface area (Å²) in [5.74, 6) is -0.418. The summed E-state index contributed by atoms with van der Waals surface area (Å²) < 4.78 is 0. The normalized spacial score (nSPS) is 11.8. The first-order valence-corrected chi connectivity index (χ1v) is 7.76. The van der Waals surface area contributed by atoms with Crippen LogP contribution in [0.3, 0.4) is 0 Å². The van der Waals surface area contributed by atoms with Crippen LogP contribution >= 0.6 is 0 Å². The maximum Gasteiger partial charge on any atom is 0.251 e. The Balaban J connectivity index is 2.12. The van der Waals surface area contributed by atoms with E-state index in [1.165, 1.54) is 0 Å². The number of rotatable bonds is 6. The lowest BCUT2D eigenvalue weighted by Crippen LogP contribution is -2.49. The second-order valence-electron chi connectivity index (χ2n) is 5.75. The summed E-state index contributed by atoms with van der Waals surface area (Å²) in [6, 6.07) is 18.0. The lowest BCUT2D eigenvalue weighted by molar-refractivity contribution is -0.123. The van der Waals surface area contributed by atoms with Crippen molar-refractivity contribution in [3.8, 4) is 0 Å². The number of hydrogen-bond donors (Lipinski definition) is 2. The average molecular weight is 310 g/mol. The Bertz CT molecular complexity index is 639. The molecule has 0 aliphatic carbocycles. The molecule has 4 nitrogen and oxygen atoms in total. The molecule has 0 spiro atoms. The SMILES string of the molecule is CC(C)NC(=O)[C@@H](Cc1ccccc1)NC(=O)c1ccccc1. The first kappa shape index (κ1) is 16.7. The highest BCUT2D eigenvalue weighted by atomic mass is 16.2. The molecule has 0 radical (unpaired) electrons. The van der Waals surface area contributed by atoms with Crippen LogP contribution in [0.15, 0.2) is 60.7 Å². The van der Waals surface area contributed by atoms with Crippen LogP contribution in [0.1, 0.15) is 29.8 Å². The Morgan fingerprint density at radius 2 is 1.43 bits per heavy atom. The summed E-state index contributed by atoms with van der Waals surface area (Å²) in [5.41, 5.74) is 1.55. The summed E-state index contributed by atoms with van der Waals surface area (Å²) in [4.78, 5) is 24.7. The smallest absolute Gasteiger partial charge is 0.251 e. The maximum absolute atomic E-state index is 12.4. The van der Waals surface area contributed by atoms with Crippen molar-refractivity contribution in [3.63, 3.8) is 0 Å². The zero-order valence-electron chi connectivity index (χ0n) is 13.5. The minimum absolute atomic E-state index is 0.0226. The Kier molecular flexibility index (Phi) is 5.92. The van der Waals surface area contributed by atoms with Crippen molar-refractivity contribution >= 4 is 11.8 Å². The van der Waals surface area contributed by atoms with Gasteiger partial charge in [-0.1, -0.05) is 48.5 Å². The average Bonchev–Trinajstić information content (AvgIpc) is 2.55. The first-order chi connectivity index (χ1) is 11.1. The van der Waals surface area contributed by atoms with E-state index in [9.17, 15) is 9.59 Å². The van der Waals surface area contributed by atoms with Gasteiger partial charge >= 0.3 is 0 Å². The number of carbonyl (C=O) groups excluding carboxylic acids is 2. The van der Waals surface area contributed by atoms with Crippen molar-refractivity contribution in [3.05, 3.63) is 71.8 Å². The number of benzene rings is 2. The molecule has 2 amide bonds. The van der Waals surface area contributed by atoms with Gasteiger partial charge < -0.3 is 10.6 Å². The molecule has 2 N–H and O–H groups in total. The lowest BCUT2D eigenvalue weighted by Gasteiger charge is -2.20. The van der Waals surface area contributed by atoms with Gasteiger partial charge in [0.2, 0.25) is 5.91 Å². The highest BCUT2D eigenvalue weighted by Gasteiger charge is 2.22. The van der Waals surface area contributed by atoms with Gasteiger partial charge in [-0.15, -0.1) is 0 Å². The van der Waals surface area contributed by atoms with Crippen LogP contribution < -0.4 is 10.6 Å². The van der Waals surface area contributed by atoms with E-state index in [-0.39, 0.29) is 17.9 Å². The number of nitrogens with one attached hydrogen (secondary N) is 2. The molecule has 2 aromatic carbocycles. The molecular weight excluding hydrogens is 288 g/mol. The van der Waals surface area contributed by atoms with Gasteiger partial charge in [0.1, 0.15) is 6.04 Å². The third-order valence-corrected chi connectivity index (χ3v) is 3.37. The largest absolute Gasteiger partial charge is 0.352 e. The molecule has 0 aromatic heterocycles. The van der Waals surface area contributed by atoms with Crippen LogP contribution in [-0.2, 0) is 11.2 Å². The zero-order chi connectivity index (χ0) is 16.7. The van der Waals surface area contributed by atoms with Crippen LogP contribution in [0.2, 0.25) is 0 Å². The monoisotopic (exact) mass is 310 g/mol. The van der Waals surface area contributed by atoms with Crippen LogP contribution in [0, 0.1) is 0 Å². The van der Waals surface area contributed by atoms with Crippen molar-refractivity contribution < 1.29 is 9.59 Å². The molecule has 23 heavy (non-hydrogen) atoms. The molecule has 0 aliphatic rings. The zero-order valence-corrected chi connectivity index (χ0v) is 13.5. The Morgan fingerprint density at radius 3 is 2.00 bits per heavy atom. The number of carbonyl (C=O) groups is 2. The number of hydrogen-bond acceptors (Lipinski definition) is 2. The Morgan fingerprint density at radius 1 is 0.870 bits per heavy atom. The van der Waals surface area contributed by atoms with E-state index in [1.54, 1.807) is 24.3 Å². The molecule has 120 valence electrons. The fraction of sp³-hybridized carbons (Fsp3) is 0.263. The van der Waals surface area contributed by atoms with Crippen LogP contribution in [0.5, 0.6) is 0 Å². The third kappa shape index (κ3) is 5.25. The molecule has 0 heterocycles. The Labute approximate surface area is 136 Å². The highest BCUT2D eigenvalue weighted by Crippen LogP contribution is 2.06. The molecule has 2 rings (SSSR count). The van der Waals surface area contributed by atoms with E-state index in [4.69, 9.17) is 0 Å². The maximum atomic E-state index is 12.4. The van der Waals surface area contributed by atoms with Crippen molar-refractivity contribution in [2.24, 2.45) is 0 Å². The van der Waals surface area contributed by atoms with Crippen molar-refractivity contribution in [2.45, 2.75) is 32.4 Å². The highest BCUT2D eigenvalue weighted by molar-refractivity contribution is 5.97. The predicted octanol–water partition coefficient (Wildman–Crippen LogP) is 2.55. The summed E-state index contributed by atoms with van der Waals surface area (Å²) in [7, 11) is 0. The molecule has 2 aromatic rings. The summed E-state index contributed by atoms with van der Waals surface area (Å²) in [6.07, 6.45) is 0.456. The molecule has 0 saturated carbocycles.